The molecule has 2 aromatic rings. The first-order valence-corrected chi connectivity index (χ1v) is 12.8. The first-order chi connectivity index (χ1) is 16.9. The molecule has 4 rings (SSSR count). The molecule has 2 aliphatic rings. The summed E-state index contributed by atoms with van der Waals surface area (Å²) in [7, 11) is 3.21. The molecule has 0 aromatic heterocycles. The minimum Gasteiger partial charge on any atom is -0.497 e. The zero-order chi connectivity index (χ0) is 24.9. The van der Waals surface area contributed by atoms with E-state index in [9.17, 15) is 14.0 Å². The van der Waals surface area contributed by atoms with Gasteiger partial charge in [-0.3, -0.25) is 9.59 Å². The molecule has 1 aliphatic carbocycles. The summed E-state index contributed by atoms with van der Waals surface area (Å²) in [5.41, 5.74) is 7.91. The summed E-state index contributed by atoms with van der Waals surface area (Å²) in [5.74, 6) is 0.742. The molecule has 9 heteroatoms. The van der Waals surface area contributed by atoms with Crippen LogP contribution in [-0.4, -0.2) is 48.3 Å². The third-order valence-electron chi connectivity index (χ3n) is 6.63. The quantitative estimate of drug-likeness (QED) is 0.572. The topological polar surface area (TPSA) is 93.9 Å². The number of nitrogens with two attached hydrogens (primary N) is 1. The van der Waals surface area contributed by atoms with E-state index >= 15 is 0 Å². The van der Waals surface area contributed by atoms with Gasteiger partial charge in [0.25, 0.3) is 0 Å². The molecule has 0 spiro atoms. The van der Waals surface area contributed by atoms with E-state index in [4.69, 9.17) is 15.2 Å². The second-order valence-corrected chi connectivity index (χ2v) is 10.3. The number of methoxy groups -OCH3 is 2. The highest BCUT2D eigenvalue weighted by Crippen LogP contribution is 2.50. The Morgan fingerprint density at radius 3 is 2.63 bits per heavy atom. The zero-order valence-corrected chi connectivity index (χ0v) is 20.9. The van der Waals surface area contributed by atoms with Crippen LogP contribution in [0.25, 0.3) is 0 Å². The summed E-state index contributed by atoms with van der Waals surface area (Å²) < 4.78 is 24.2. The van der Waals surface area contributed by atoms with Gasteiger partial charge in [-0.25, -0.2) is 4.39 Å². The first-order valence-electron chi connectivity index (χ1n) is 11.9. The number of nitrogens with one attached hydrogen (secondary N) is 1. The Morgan fingerprint density at radius 1 is 1.17 bits per heavy atom. The molecule has 4 unspecified atom stereocenters. The number of carbonyl (C=O) groups excluding carboxylic acids is 2. The third-order valence-corrected chi connectivity index (χ3v) is 8.07. The van der Waals surface area contributed by atoms with Gasteiger partial charge < -0.3 is 25.4 Å². The Hall–Kier alpha value is -2.78. The van der Waals surface area contributed by atoms with Gasteiger partial charge in [0.15, 0.2) is 0 Å². The largest absolute Gasteiger partial charge is 0.497 e. The lowest BCUT2D eigenvalue weighted by molar-refractivity contribution is -0.135. The van der Waals surface area contributed by atoms with Gasteiger partial charge in [0, 0.05) is 30.6 Å². The van der Waals surface area contributed by atoms with Gasteiger partial charge in [-0.1, -0.05) is 12.1 Å². The van der Waals surface area contributed by atoms with Crippen LogP contribution in [0.3, 0.4) is 0 Å². The maximum Gasteiger partial charge on any atom is 0.237 e. The van der Waals surface area contributed by atoms with E-state index in [2.05, 4.69) is 5.32 Å². The van der Waals surface area contributed by atoms with Crippen molar-refractivity contribution < 1.29 is 23.5 Å². The SMILES string of the molecule is COc1ccc(OC)c(C2SC(CC(=O)NCc3ccc(F)cc3)C(=O)N2C2CCCC(N)C2)c1. The molecular formula is C26H32FN3O4S. The standard InChI is InChI=1S/C26H32FN3O4S/c1-33-20-10-11-22(34-2)21(13-20)26-30(19-5-3-4-18(28)12-19)25(32)23(35-26)14-24(31)29-15-16-6-8-17(27)9-7-16/h6-11,13,18-19,23,26H,3-5,12,14-15,28H2,1-2H3,(H,29,31). The maximum absolute atomic E-state index is 13.7. The Bertz CT molecular complexity index is 1050. The fourth-order valence-electron chi connectivity index (χ4n) is 4.82. The highest BCUT2D eigenvalue weighted by Gasteiger charge is 2.46. The summed E-state index contributed by atoms with van der Waals surface area (Å²) >= 11 is 1.47. The molecule has 0 radical (unpaired) electrons. The number of halogens is 1. The maximum atomic E-state index is 13.7. The number of nitrogens with zero attached hydrogens (tertiary/aromatic N) is 1. The number of hydrogen-bond acceptors (Lipinski definition) is 6. The fraction of sp³-hybridized carbons (Fsp3) is 0.462. The van der Waals surface area contributed by atoms with Crippen LogP contribution < -0.4 is 20.5 Å². The van der Waals surface area contributed by atoms with E-state index in [1.165, 1.54) is 23.9 Å². The summed E-state index contributed by atoms with van der Waals surface area (Å²) in [6.45, 7) is 0.277. The lowest BCUT2D eigenvalue weighted by Crippen LogP contribution is -2.45. The molecule has 35 heavy (non-hydrogen) atoms. The van der Waals surface area contributed by atoms with Crippen LogP contribution in [-0.2, 0) is 16.1 Å². The first kappa shape index (κ1) is 25.3. The van der Waals surface area contributed by atoms with Crippen LogP contribution in [0.5, 0.6) is 11.5 Å². The fourth-order valence-corrected chi connectivity index (χ4v) is 6.36. The van der Waals surface area contributed by atoms with Crippen LogP contribution in [0.2, 0.25) is 0 Å². The Kier molecular flexibility index (Phi) is 8.18. The normalized spacial score (nSPS) is 24.3. The van der Waals surface area contributed by atoms with Crippen LogP contribution in [0.15, 0.2) is 42.5 Å². The lowest BCUT2D eigenvalue weighted by Gasteiger charge is -2.37. The average molecular weight is 502 g/mol. The number of rotatable bonds is 8. The molecule has 2 amide bonds. The monoisotopic (exact) mass is 501 g/mol. The predicted molar refractivity (Wildman–Crippen MR) is 134 cm³/mol. The van der Waals surface area contributed by atoms with Crippen molar-refractivity contribution in [1.82, 2.24) is 10.2 Å². The lowest BCUT2D eigenvalue weighted by atomic mass is 9.90. The Labute approximate surface area is 209 Å². The average Bonchev–Trinajstić information content (AvgIpc) is 3.18. The Morgan fingerprint density at radius 2 is 1.94 bits per heavy atom. The summed E-state index contributed by atoms with van der Waals surface area (Å²) in [6.07, 6.45) is 3.59. The van der Waals surface area contributed by atoms with E-state index in [0.717, 1.165) is 36.8 Å². The van der Waals surface area contributed by atoms with Crippen molar-refractivity contribution in [1.29, 1.82) is 0 Å². The molecule has 3 N–H and O–H groups in total. The molecule has 1 aliphatic heterocycles. The van der Waals surface area contributed by atoms with Crippen LogP contribution in [0.1, 0.15) is 48.6 Å². The van der Waals surface area contributed by atoms with Gasteiger partial charge in [-0.05, 0) is 61.6 Å². The number of benzene rings is 2. The van der Waals surface area contributed by atoms with E-state index in [-0.39, 0.29) is 48.1 Å². The molecule has 4 atom stereocenters. The van der Waals surface area contributed by atoms with Crippen molar-refractivity contribution in [2.45, 2.75) is 61.4 Å². The van der Waals surface area contributed by atoms with E-state index < -0.39 is 5.25 Å². The van der Waals surface area contributed by atoms with Gasteiger partial charge in [-0.15, -0.1) is 11.8 Å². The van der Waals surface area contributed by atoms with Gasteiger partial charge >= 0.3 is 0 Å². The smallest absolute Gasteiger partial charge is 0.237 e. The molecule has 2 aromatic carbocycles. The van der Waals surface area contributed by atoms with Crippen molar-refractivity contribution in [3.05, 3.63) is 59.4 Å². The molecule has 188 valence electrons. The highest BCUT2D eigenvalue weighted by atomic mass is 32.2. The highest BCUT2D eigenvalue weighted by molar-refractivity contribution is 8.01. The predicted octanol–water partition coefficient (Wildman–Crippen LogP) is 3.76. The van der Waals surface area contributed by atoms with Crippen molar-refractivity contribution in [2.24, 2.45) is 5.73 Å². The van der Waals surface area contributed by atoms with Crippen LogP contribution in [0, 0.1) is 5.82 Å². The Balaban J connectivity index is 1.54. The molecular weight excluding hydrogens is 469 g/mol. The van der Waals surface area contributed by atoms with Gasteiger partial charge in [-0.2, -0.15) is 0 Å². The number of hydrogen-bond donors (Lipinski definition) is 2. The van der Waals surface area contributed by atoms with Crippen LogP contribution >= 0.6 is 11.8 Å². The minimum absolute atomic E-state index is 0.00642. The summed E-state index contributed by atoms with van der Waals surface area (Å²) in [5, 5.41) is 2.02. The zero-order valence-electron chi connectivity index (χ0n) is 20.0. The second-order valence-electron chi connectivity index (χ2n) is 9.02. The number of carbonyl (C=O) groups is 2. The van der Waals surface area contributed by atoms with Crippen LogP contribution in [0.4, 0.5) is 4.39 Å². The summed E-state index contributed by atoms with van der Waals surface area (Å²) in [4.78, 5) is 28.3. The van der Waals surface area contributed by atoms with E-state index in [1.54, 1.807) is 26.4 Å². The molecule has 1 saturated heterocycles. The number of thioether (sulfide) groups is 1. The number of amides is 2. The van der Waals surface area contributed by atoms with Crippen molar-refractivity contribution in [2.75, 3.05) is 14.2 Å². The molecule has 2 fully saturated rings. The molecule has 7 nitrogen and oxygen atoms in total. The number of ether oxygens (including phenoxy) is 2. The molecule has 1 saturated carbocycles. The van der Waals surface area contributed by atoms with Gasteiger partial charge in [0.2, 0.25) is 11.8 Å². The van der Waals surface area contributed by atoms with Gasteiger partial charge in [0.1, 0.15) is 22.7 Å². The van der Waals surface area contributed by atoms with Crippen molar-refractivity contribution >= 4 is 23.6 Å². The molecule has 1 heterocycles. The van der Waals surface area contributed by atoms with Crippen molar-refractivity contribution in [3.63, 3.8) is 0 Å². The van der Waals surface area contributed by atoms with E-state index in [1.807, 2.05) is 23.1 Å². The third kappa shape index (κ3) is 5.90. The second kappa shape index (κ2) is 11.3. The summed E-state index contributed by atoms with van der Waals surface area (Å²) in [6, 6.07) is 11.6. The van der Waals surface area contributed by atoms with Crippen molar-refractivity contribution in [3.8, 4) is 11.5 Å². The van der Waals surface area contributed by atoms with E-state index in [0.29, 0.717) is 11.5 Å². The van der Waals surface area contributed by atoms with Gasteiger partial charge in [0.05, 0.1) is 19.5 Å². The minimum atomic E-state index is -0.526. The molecule has 0 bridgehead atoms.